The molecule has 1 heterocycles. The van der Waals surface area contributed by atoms with Gasteiger partial charge < -0.3 is 0 Å². The lowest BCUT2D eigenvalue weighted by molar-refractivity contribution is -0.138. The van der Waals surface area contributed by atoms with Crippen molar-refractivity contribution in [2.75, 3.05) is 0 Å². The maximum absolute atomic E-state index is 12.7. The highest BCUT2D eigenvalue weighted by atomic mass is 35.5. The maximum Gasteiger partial charge on any atom is 0.329 e. The van der Waals surface area contributed by atoms with Gasteiger partial charge in [0.25, 0.3) is 5.56 Å². The standard InChI is InChI=1S/C8H7ClF4N2O2/c1-3-4(9)14-7(17)15(5(3)16)2-8(12,13)6(10)11/h6H,2H2,1H3,(H,14,17). The number of nitrogens with zero attached hydrogens (tertiary/aromatic N) is 1. The van der Waals surface area contributed by atoms with Crippen LogP contribution in [0.2, 0.25) is 5.15 Å². The molecule has 0 spiro atoms. The summed E-state index contributed by atoms with van der Waals surface area (Å²) in [7, 11) is 0. The number of hydrogen-bond acceptors (Lipinski definition) is 2. The Bertz CT molecular complexity index is 537. The van der Waals surface area contributed by atoms with Gasteiger partial charge in [-0.25, -0.2) is 13.6 Å². The lowest BCUT2D eigenvalue weighted by Crippen LogP contribution is -2.44. The normalized spacial score (nSPS) is 12.2. The van der Waals surface area contributed by atoms with Crippen LogP contribution in [0.25, 0.3) is 0 Å². The number of hydrogen-bond donors (Lipinski definition) is 1. The Kier molecular flexibility index (Phi) is 3.65. The van der Waals surface area contributed by atoms with Crippen LogP contribution < -0.4 is 11.2 Å². The number of aromatic amines is 1. The van der Waals surface area contributed by atoms with E-state index in [1.807, 2.05) is 4.98 Å². The number of aromatic nitrogens is 2. The second-order valence-corrected chi connectivity index (χ2v) is 3.70. The van der Waals surface area contributed by atoms with E-state index in [9.17, 15) is 27.2 Å². The van der Waals surface area contributed by atoms with Crippen LogP contribution in [0.5, 0.6) is 0 Å². The summed E-state index contributed by atoms with van der Waals surface area (Å²) < 4.78 is 49.3. The van der Waals surface area contributed by atoms with Crippen LogP contribution in [0.3, 0.4) is 0 Å². The fraction of sp³-hybridized carbons (Fsp3) is 0.500. The summed E-state index contributed by atoms with van der Waals surface area (Å²) in [5.41, 5.74) is -2.58. The van der Waals surface area contributed by atoms with Crippen LogP contribution in [0.4, 0.5) is 17.6 Å². The molecule has 0 aliphatic carbocycles. The molecule has 0 radical (unpaired) electrons. The van der Waals surface area contributed by atoms with Crippen molar-refractivity contribution < 1.29 is 17.6 Å². The molecule has 0 amide bonds. The van der Waals surface area contributed by atoms with E-state index >= 15 is 0 Å². The van der Waals surface area contributed by atoms with E-state index in [0.717, 1.165) is 0 Å². The Morgan fingerprint density at radius 2 is 1.94 bits per heavy atom. The molecule has 1 N–H and O–H groups in total. The van der Waals surface area contributed by atoms with Crippen LogP contribution >= 0.6 is 11.6 Å². The lowest BCUT2D eigenvalue weighted by atomic mass is 10.3. The molecule has 96 valence electrons. The van der Waals surface area contributed by atoms with Gasteiger partial charge in [-0.05, 0) is 6.92 Å². The molecule has 0 aliphatic rings. The molecule has 0 aromatic carbocycles. The molecule has 0 saturated carbocycles. The third-order valence-corrected chi connectivity index (χ3v) is 2.42. The maximum atomic E-state index is 12.7. The summed E-state index contributed by atoms with van der Waals surface area (Å²) >= 11 is 5.42. The quantitative estimate of drug-likeness (QED) is 0.669. The van der Waals surface area contributed by atoms with Crippen LogP contribution in [0.15, 0.2) is 9.59 Å². The number of nitrogens with one attached hydrogen (secondary N) is 1. The Hall–Kier alpha value is -1.31. The molecule has 1 aromatic rings. The van der Waals surface area contributed by atoms with E-state index in [1.165, 1.54) is 6.92 Å². The van der Waals surface area contributed by atoms with Crippen LogP contribution in [0, 0.1) is 6.92 Å². The smallest absolute Gasteiger partial charge is 0.297 e. The summed E-state index contributed by atoms with van der Waals surface area (Å²) in [5.74, 6) is -4.46. The second kappa shape index (κ2) is 4.52. The number of halogens is 5. The number of H-pyrrole nitrogens is 1. The first-order chi connectivity index (χ1) is 7.66. The highest BCUT2D eigenvalue weighted by molar-refractivity contribution is 6.30. The molecule has 4 nitrogen and oxygen atoms in total. The van der Waals surface area contributed by atoms with E-state index in [2.05, 4.69) is 0 Å². The zero-order chi connectivity index (χ0) is 13.4. The van der Waals surface area contributed by atoms with Gasteiger partial charge in [-0.2, -0.15) is 8.78 Å². The summed E-state index contributed by atoms with van der Waals surface area (Å²) in [6.07, 6.45) is -3.97. The zero-order valence-electron chi connectivity index (χ0n) is 8.44. The molecule has 0 atom stereocenters. The van der Waals surface area contributed by atoms with Gasteiger partial charge in [0.05, 0.1) is 0 Å². The van der Waals surface area contributed by atoms with Crippen LogP contribution in [-0.2, 0) is 6.54 Å². The van der Waals surface area contributed by atoms with Crippen molar-refractivity contribution in [2.45, 2.75) is 25.8 Å². The topological polar surface area (TPSA) is 54.9 Å². The predicted octanol–water partition coefficient (Wildman–Crippen LogP) is 1.40. The summed E-state index contributed by atoms with van der Waals surface area (Å²) in [6.45, 7) is -0.519. The highest BCUT2D eigenvalue weighted by Gasteiger charge is 2.42. The average molecular weight is 275 g/mol. The molecule has 1 aromatic heterocycles. The van der Waals surface area contributed by atoms with Crippen molar-refractivity contribution >= 4 is 11.6 Å². The van der Waals surface area contributed by atoms with Crippen molar-refractivity contribution in [2.24, 2.45) is 0 Å². The molecule has 0 aliphatic heterocycles. The van der Waals surface area contributed by atoms with E-state index < -0.39 is 30.1 Å². The number of rotatable bonds is 3. The fourth-order valence-electron chi connectivity index (χ4n) is 1.07. The van der Waals surface area contributed by atoms with E-state index in [4.69, 9.17) is 11.6 Å². The van der Waals surface area contributed by atoms with Gasteiger partial charge >= 0.3 is 18.0 Å². The first-order valence-electron chi connectivity index (χ1n) is 4.32. The largest absolute Gasteiger partial charge is 0.329 e. The molecule has 0 fully saturated rings. The third-order valence-electron chi connectivity index (χ3n) is 2.05. The first-order valence-corrected chi connectivity index (χ1v) is 4.70. The Labute approximate surface area is 96.8 Å². The van der Waals surface area contributed by atoms with E-state index in [-0.39, 0.29) is 15.3 Å². The molecule has 0 unspecified atom stereocenters. The molecule has 1 rings (SSSR count). The molecule has 9 heteroatoms. The van der Waals surface area contributed by atoms with Gasteiger partial charge in [0.15, 0.2) is 0 Å². The van der Waals surface area contributed by atoms with Crippen molar-refractivity contribution in [3.8, 4) is 0 Å². The highest BCUT2D eigenvalue weighted by Crippen LogP contribution is 2.23. The molecular weight excluding hydrogens is 268 g/mol. The Balaban J connectivity index is 3.31. The summed E-state index contributed by atoms with van der Waals surface area (Å²) in [5, 5.41) is -0.309. The fourth-order valence-corrected chi connectivity index (χ4v) is 1.23. The molecule has 17 heavy (non-hydrogen) atoms. The summed E-state index contributed by atoms with van der Waals surface area (Å²) in [6, 6.07) is 0. The minimum Gasteiger partial charge on any atom is -0.297 e. The first kappa shape index (κ1) is 13.8. The average Bonchev–Trinajstić information content (AvgIpc) is 2.21. The Morgan fingerprint density at radius 3 is 2.41 bits per heavy atom. The second-order valence-electron chi connectivity index (χ2n) is 3.32. The van der Waals surface area contributed by atoms with Crippen molar-refractivity contribution in [1.82, 2.24) is 9.55 Å². The van der Waals surface area contributed by atoms with Crippen LogP contribution in [0.1, 0.15) is 5.56 Å². The third kappa shape index (κ3) is 2.68. The minimum absolute atomic E-state index is 0.00657. The van der Waals surface area contributed by atoms with Gasteiger partial charge in [0.2, 0.25) is 0 Å². The van der Waals surface area contributed by atoms with Gasteiger partial charge in [-0.15, -0.1) is 0 Å². The van der Waals surface area contributed by atoms with E-state index in [0.29, 0.717) is 0 Å². The lowest BCUT2D eigenvalue weighted by Gasteiger charge is -2.16. The Morgan fingerprint density at radius 1 is 1.41 bits per heavy atom. The van der Waals surface area contributed by atoms with Gasteiger partial charge in [0.1, 0.15) is 11.7 Å². The number of alkyl halides is 4. The van der Waals surface area contributed by atoms with Gasteiger partial charge in [-0.3, -0.25) is 14.3 Å². The monoisotopic (exact) mass is 274 g/mol. The molecule has 0 bridgehead atoms. The zero-order valence-corrected chi connectivity index (χ0v) is 9.19. The SMILES string of the molecule is Cc1c(Cl)[nH]c(=O)n(CC(F)(F)C(F)F)c1=O. The summed E-state index contributed by atoms with van der Waals surface area (Å²) in [4.78, 5) is 24.5. The molecular formula is C8H7ClF4N2O2. The van der Waals surface area contributed by atoms with Gasteiger partial charge in [0, 0.05) is 5.56 Å². The van der Waals surface area contributed by atoms with Crippen molar-refractivity contribution in [3.63, 3.8) is 0 Å². The van der Waals surface area contributed by atoms with Crippen molar-refractivity contribution in [1.29, 1.82) is 0 Å². The molecule has 0 saturated heterocycles. The minimum atomic E-state index is -4.46. The van der Waals surface area contributed by atoms with Gasteiger partial charge in [-0.1, -0.05) is 11.6 Å². The van der Waals surface area contributed by atoms with Crippen molar-refractivity contribution in [3.05, 3.63) is 31.6 Å². The van der Waals surface area contributed by atoms with E-state index in [1.54, 1.807) is 0 Å². The van der Waals surface area contributed by atoms with Crippen LogP contribution in [-0.4, -0.2) is 21.9 Å². The predicted molar refractivity (Wildman–Crippen MR) is 52.0 cm³/mol.